The molecule has 1 fully saturated rings. The summed E-state index contributed by atoms with van der Waals surface area (Å²) in [4.78, 5) is 12.0. The molecule has 1 saturated heterocycles. The third-order valence-corrected chi connectivity index (χ3v) is 7.97. The lowest BCUT2D eigenvalue weighted by atomic mass is 9.73. The number of benzene rings is 2. The maximum absolute atomic E-state index is 4.87. The maximum Gasteiger partial charge on any atom is 0.140 e. The molecule has 0 bridgehead atoms. The van der Waals surface area contributed by atoms with Gasteiger partial charge >= 0.3 is 0 Å². The zero-order valence-corrected chi connectivity index (χ0v) is 19.5. The molecule has 0 saturated carbocycles. The number of nitrogens with one attached hydrogen (secondary N) is 2. The summed E-state index contributed by atoms with van der Waals surface area (Å²) in [7, 11) is 0. The van der Waals surface area contributed by atoms with Gasteiger partial charge in [0, 0.05) is 42.0 Å². The second-order valence-electron chi connectivity index (χ2n) is 10.0. The summed E-state index contributed by atoms with van der Waals surface area (Å²) >= 11 is 0. The van der Waals surface area contributed by atoms with Crippen LogP contribution in [0.2, 0.25) is 0 Å². The molecule has 0 unspecified atom stereocenters. The van der Waals surface area contributed by atoms with Crippen LogP contribution in [0.5, 0.6) is 0 Å². The fraction of sp³-hybridized carbons (Fsp3) is 0.429. The molecule has 5 heteroatoms. The maximum atomic E-state index is 4.87. The molecule has 2 aromatic carbocycles. The number of aromatic nitrogens is 2. The van der Waals surface area contributed by atoms with Gasteiger partial charge in [-0.25, -0.2) is 9.97 Å². The Hall–Kier alpha value is -2.76. The normalized spacial score (nSPS) is 20.8. The van der Waals surface area contributed by atoms with E-state index in [1.54, 1.807) is 11.9 Å². The first kappa shape index (κ1) is 20.8. The third kappa shape index (κ3) is 3.64. The van der Waals surface area contributed by atoms with Crippen molar-refractivity contribution < 1.29 is 0 Å². The highest BCUT2D eigenvalue weighted by Gasteiger charge is 2.46. The number of rotatable bonds is 5. The van der Waals surface area contributed by atoms with Crippen molar-refractivity contribution in [1.82, 2.24) is 20.6 Å². The molecule has 0 amide bonds. The second kappa shape index (κ2) is 8.54. The lowest BCUT2D eigenvalue weighted by Gasteiger charge is -2.36. The predicted molar refractivity (Wildman–Crippen MR) is 133 cm³/mol. The second-order valence-corrected chi connectivity index (χ2v) is 10.0. The molecule has 1 spiro atoms. The predicted octanol–water partition coefficient (Wildman–Crippen LogP) is 4.59. The molecule has 1 atom stereocenters. The van der Waals surface area contributed by atoms with Gasteiger partial charge in [-0.2, -0.15) is 0 Å². The Bertz CT molecular complexity index is 1140. The molecule has 33 heavy (non-hydrogen) atoms. The molecule has 1 aromatic heterocycles. The van der Waals surface area contributed by atoms with Crippen molar-refractivity contribution in [1.29, 1.82) is 0 Å². The first-order valence-electron chi connectivity index (χ1n) is 12.4. The van der Waals surface area contributed by atoms with Gasteiger partial charge in [0.2, 0.25) is 0 Å². The molecular weight excluding hydrogens is 406 g/mol. The van der Waals surface area contributed by atoms with Crippen LogP contribution in [0.15, 0.2) is 54.9 Å². The quantitative estimate of drug-likeness (QED) is 0.609. The highest BCUT2D eigenvalue weighted by molar-refractivity contribution is 5.75. The van der Waals surface area contributed by atoms with Gasteiger partial charge in [-0.1, -0.05) is 49.4 Å². The number of piperidine rings is 1. The highest BCUT2D eigenvalue weighted by atomic mass is 15.2. The van der Waals surface area contributed by atoms with Crippen LogP contribution in [0, 0.1) is 0 Å². The van der Waals surface area contributed by atoms with Crippen LogP contribution in [-0.4, -0.2) is 29.6 Å². The Morgan fingerprint density at radius 3 is 2.73 bits per heavy atom. The van der Waals surface area contributed by atoms with Crippen molar-refractivity contribution in [3.63, 3.8) is 0 Å². The molecule has 6 rings (SSSR count). The molecule has 0 radical (unpaired) electrons. The Balaban J connectivity index is 1.38. The van der Waals surface area contributed by atoms with Gasteiger partial charge < -0.3 is 15.5 Å². The van der Waals surface area contributed by atoms with E-state index in [2.05, 4.69) is 76.0 Å². The Labute approximate surface area is 196 Å². The standard InChI is InChI=1S/C28H33N5/c1-20-10-11-23-25(20)27(32-19-31-23)33-18-28(12-14-29-15-13-28)26-22(8-5-9-24(26)33)17-30-16-21-6-3-2-4-7-21/h2-9,19-20,29-30H,10-18H2,1H3/t20-/m1/s1. The first-order valence-corrected chi connectivity index (χ1v) is 12.4. The van der Waals surface area contributed by atoms with Gasteiger partial charge in [0.1, 0.15) is 12.1 Å². The summed E-state index contributed by atoms with van der Waals surface area (Å²) in [6, 6.07) is 17.6. The lowest BCUT2D eigenvalue weighted by Crippen LogP contribution is -2.43. The summed E-state index contributed by atoms with van der Waals surface area (Å²) in [6.45, 7) is 7.30. The van der Waals surface area contributed by atoms with Gasteiger partial charge in [0.05, 0.1) is 0 Å². The van der Waals surface area contributed by atoms with E-state index >= 15 is 0 Å². The lowest BCUT2D eigenvalue weighted by molar-refractivity contribution is 0.327. The van der Waals surface area contributed by atoms with Crippen LogP contribution in [0.1, 0.15) is 60.1 Å². The summed E-state index contributed by atoms with van der Waals surface area (Å²) in [5.74, 6) is 1.68. The van der Waals surface area contributed by atoms with Crippen molar-refractivity contribution in [3.8, 4) is 0 Å². The van der Waals surface area contributed by atoms with Crippen LogP contribution < -0.4 is 15.5 Å². The van der Waals surface area contributed by atoms with E-state index in [1.807, 2.05) is 0 Å². The van der Waals surface area contributed by atoms with Gasteiger partial charge in [-0.15, -0.1) is 0 Å². The highest BCUT2D eigenvalue weighted by Crippen LogP contribution is 2.52. The largest absolute Gasteiger partial charge is 0.325 e. The van der Waals surface area contributed by atoms with E-state index in [1.165, 1.54) is 47.3 Å². The average Bonchev–Trinajstić information content (AvgIpc) is 3.39. The van der Waals surface area contributed by atoms with Crippen LogP contribution in [0.4, 0.5) is 11.5 Å². The number of nitrogens with zero attached hydrogens (tertiary/aromatic N) is 3. The monoisotopic (exact) mass is 439 g/mol. The van der Waals surface area contributed by atoms with Crippen molar-refractivity contribution in [2.24, 2.45) is 0 Å². The van der Waals surface area contributed by atoms with Gasteiger partial charge in [-0.05, 0) is 67.4 Å². The van der Waals surface area contributed by atoms with E-state index in [-0.39, 0.29) is 5.41 Å². The number of fused-ring (bicyclic) bond motifs is 3. The van der Waals surface area contributed by atoms with Gasteiger partial charge in [0.15, 0.2) is 0 Å². The van der Waals surface area contributed by atoms with E-state index in [4.69, 9.17) is 4.98 Å². The topological polar surface area (TPSA) is 53.1 Å². The molecule has 3 heterocycles. The fourth-order valence-electron chi connectivity index (χ4n) is 6.32. The molecule has 2 aliphatic heterocycles. The van der Waals surface area contributed by atoms with E-state index in [9.17, 15) is 0 Å². The van der Waals surface area contributed by atoms with Crippen LogP contribution in [0.25, 0.3) is 0 Å². The summed E-state index contributed by atoms with van der Waals surface area (Å²) in [6.07, 6.45) is 6.39. The van der Waals surface area contributed by atoms with E-state index in [0.717, 1.165) is 45.0 Å². The molecule has 1 aliphatic carbocycles. The van der Waals surface area contributed by atoms with Crippen molar-refractivity contribution in [3.05, 3.63) is 82.8 Å². The van der Waals surface area contributed by atoms with E-state index in [0.29, 0.717) is 5.92 Å². The summed E-state index contributed by atoms with van der Waals surface area (Å²) in [5.41, 5.74) is 8.48. The van der Waals surface area contributed by atoms with Crippen molar-refractivity contribution in [2.75, 3.05) is 24.5 Å². The smallest absolute Gasteiger partial charge is 0.140 e. The number of aryl methyl sites for hydroxylation is 1. The Morgan fingerprint density at radius 1 is 1.03 bits per heavy atom. The van der Waals surface area contributed by atoms with Crippen molar-refractivity contribution in [2.45, 2.75) is 57.0 Å². The minimum absolute atomic E-state index is 0.186. The molecule has 3 aromatic rings. The average molecular weight is 440 g/mol. The van der Waals surface area contributed by atoms with Crippen LogP contribution >= 0.6 is 0 Å². The third-order valence-electron chi connectivity index (χ3n) is 7.97. The molecule has 170 valence electrons. The van der Waals surface area contributed by atoms with Gasteiger partial charge in [0.25, 0.3) is 0 Å². The molecule has 2 N–H and O–H groups in total. The van der Waals surface area contributed by atoms with Crippen LogP contribution in [-0.2, 0) is 24.9 Å². The van der Waals surface area contributed by atoms with E-state index < -0.39 is 0 Å². The molecular formula is C28H33N5. The Morgan fingerprint density at radius 2 is 1.88 bits per heavy atom. The molecule has 3 aliphatic rings. The SMILES string of the molecule is C[C@@H]1CCc2ncnc(N3CC4(CCNCC4)c4c(CNCc5ccccc5)cccc43)c21. The number of hydrogen-bond acceptors (Lipinski definition) is 5. The fourth-order valence-corrected chi connectivity index (χ4v) is 6.32. The molecule has 5 nitrogen and oxygen atoms in total. The minimum atomic E-state index is 0.186. The Kier molecular flexibility index (Phi) is 5.39. The minimum Gasteiger partial charge on any atom is -0.325 e. The van der Waals surface area contributed by atoms with Crippen molar-refractivity contribution >= 4 is 11.5 Å². The summed E-state index contributed by atoms with van der Waals surface area (Å²) < 4.78 is 0. The number of hydrogen-bond donors (Lipinski definition) is 2. The zero-order valence-electron chi connectivity index (χ0n) is 19.5. The first-order chi connectivity index (χ1) is 16.3. The number of anilines is 2. The zero-order chi connectivity index (χ0) is 22.3. The van der Waals surface area contributed by atoms with Crippen LogP contribution in [0.3, 0.4) is 0 Å². The van der Waals surface area contributed by atoms with Gasteiger partial charge in [-0.3, -0.25) is 0 Å². The summed E-state index contributed by atoms with van der Waals surface area (Å²) in [5, 5.41) is 7.31.